The molecule has 0 atom stereocenters. The highest BCUT2D eigenvalue weighted by atomic mass is 79.9. The summed E-state index contributed by atoms with van der Waals surface area (Å²) in [6.07, 6.45) is 0. The van der Waals surface area contributed by atoms with Gasteiger partial charge in [-0.05, 0) is 36.4 Å². The number of aromatic amines is 1. The third-order valence-corrected chi connectivity index (χ3v) is 5.04. The molecule has 0 fully saturated rings. The number of thioether (sulfide) groups is 1. The van der Waals surface area contributed by atoms with Crippen LogP contribution < -0.4 is 0 Å². The third kappa shape index (κ3) is 3.98. The Bertz CT molecular complexity index is 1030. The van der Waals surface area contributed by atoms with E-state index in [1.54, 1.807) is 0 Å². The average molecular weight is 449 g/mol. The van der Waals surface area contributed by atoms with Crippen molar-refractivity contribution in [2.75, 3.05) is 0 Å². The lowest BCUT2D eigenvalue weighted by molar-refractivity contribution is 0.391. The second-order valence-electron chi connectivity index (χ2n) is 5.28. The summed E-state index contributed by atoms with van der Waals surface area (Å²) in [5.74, 6) is 2.24. The van der Waals surface area contributed by atoms with Crippen molar-refractivity contribution >= 4 is 39.3 Å². The van der Waals surface area contributed by atoms with E-state index in [-0.39, 0.29) is 0 Å². The minimum Gasteiger partial charge on any atom is -0.338 e. The Kier molecular flexibility index (Phi) is 5.05. The maximum atomic E-state index is 5.90. The van der Waals surface area contributed by atoms with E-state index in [4.69, 9.17) is 16.1 Å². The summed E-state index contributed by atoms with van der Waals surface area (Å²) >= 11 is 10.8. The molecule has 0 aliphatic heterocycles. The zero-order chi connectivity index (χ0) is 17.9. The standard InChI is InChI=1S/C17H11BrClN5OS/c18-12-3-1-2-11(8-12)16-20-14(25-24-16)9-26-17-21-15(22-23-17)10-4-6-13(19)7-5-10/h1-8H,9H2,(H,21,22,23). The first kappa shape index (κ1) is 17.3. The lowest BCUT2D eigenvalue weighted by Gasteiger charge is -1.95. The van der Waals surface area contributed by atoms with Crippen LogP contribution in [0.15, 0.2) is 62.7 Å². The summed E-state index contributed by atoms with van der Waals surface area (Å²) in [6.45, 7) is 0. The molecule has 26 heavy (non-hydrogen) atoms. The van der Waals surface area contributed by atoms with Gasteiger partial charge >= 0.3 is 0 Å². The maximum Gasteiger partial charge on any atom is 0.237 e. The molecule has 0 bridgehead atoms. The van der Waals surface area contributed by atoms with Gasteiger partial charge < -0.3 is 4.52 Å². The zero-order valence-electron chi connectivity index (χ0n) is 13.2. The van der Waals surface area contributed by atoms with Crippen molar-refractivity contribution < 1.29 is 4.52 Å². The van der Waals surface area contributed by atoms with Gasteiger partial charge in [0.05, 0.1) is 5.75 Å². The van der Waals surface area contributed by atoms with E-state index in [1.807, 2.05) is 48.5 Å². The number of benzene rings is 2. The van der Waals surface area contributed by atoms with Crippen LogP contribution in [0.3, 0.4) is 0 Å². The Balaban J connectivity index is 1.43. The van der Waals surface area contributed by atoms with E-state index < -0.39 is 0 Å². The first-order chi connectivity index (χ1) is 12.7. The van der Waals surface area contributed by atoms with Crippen molar-refractivity contribution in [2.24, 2.45) is 0 Å². The molecule has 9 heteroatoms. The van der Waals surface area contributed by atoms with Crippen LogP contribution in [0, 0.1) is 0 Å². The number of aromatic nitrogens is 5. The molecular formula is C17H11BrClN5OS. The Morgan fingerprint density at radius 3 is 2.73 bits per heavy atom. The fraction of sp³-hybridized carbons (Fsp3) is 0.0588. The lowest BCUT2D eigenvalue weighted by atomic mass is 10.2. The van der Waals surface area contributed by atoms with E-state index in [1.165, 1.54) is 11.8 Å². The summed E-state index contributed by atoms with van der Waals surface area (Å²) < 4.78 is 6.27. The molecule has 4 rings (SSSR count). The minimum absolute atomic E-state index is 0.485. The normalized spacial score (nSPS) is 11.0. The monoisotopic (exact) mass is 447 g/mol. The van der Waals surface area contributed by atoms with Crippen molar-refractivity contribution in [3.8, 4) is 22.8 Å². The van der Waals surface area contributed by atoms with Gasteiger partial charge in [0.1, 0.15) is 0 Å². The van der Waals surface area contributed by atoms with Gasteiger partial charge in [-0.1, -0.05) is 56.6 Å². The van der Waals surface area contributed by atoms with Gasteiger partial charge in [0.15, 0.2) is 5.82 Å². The Labute approximate surface area is 166 Å². The van der Waals surface area contributed by atoms with Gasteiger partial charge in [-0.3, -0.25) is 5.10 Å². The quantitative estimate of drug-likeness (QED) is 0.421. The highest BCUT2D eigenvalue weighted by Crippen LogP contribution is 2.25. The summed E-state index contributed by atoms with van der Waals surface area (Å²) in [7, 11) is 0. The van der Waals surface area contributed by atoms with Gasteiger partial charge in [-0.2, -0.15) is 4.98 Å². The Hall–Kier alpha value is -2.16. The molecule has 2 aromatic carbocycles. The van der Waals surface area contributed by atoms with Crippen LogP contribution in [0.1, 0.15) is 5.89 Å². The molecule has 2 aromatic heterocycles. The fourth-order valence-corrected chi connectivity index (χ4v) is 3.39. The number of nitrogens with zero attached hydrogens (tertiary/aromatic N) is 4. The van der Waals surface area contributed by atoms with Crippen molar-refractivity contribution in [1.29, 1.82) is 0 Å². The molecule has 2 heterocycles. The highest BCUT2D eigenvalue weighted by Gasteiger charge is 2.12. The minimum atomic E-state index is 0.485. The highest BCUT2D eigenvalue weighted by molar-refractivity contribution is 9.10. The molecule has 1 N–H and O–H groups in total. The van der Waals surface area contributed by atoms with E-state index in [0.717, 1.165) is 15.6 Å². The topological polar surface area (TPSA) is 80.5 Å². The Morgan fingerprint density at radius 1 is 1.08 bits per heavy atom. The molecular weight excluding hydrogens is 438 g/mol. The second kappa shape index (κ2) is 7.61. The number of H-pyrrole nitrogens is 1. The van der Waals surface area contributed by atoms with Crippen LogP contribution in [-0.4, -0.2) is 25.3 Å². The Morgan fingerprint density at radius 2 is 1.92 bits per heavy atom. The van der Waals surface area contributed by atoms with Crippen molar-refractivity contribution in [1.82, 2.24) is 25.3 Å². The van der Waals surface area contributed by atoms with E-state index in [9.17, 15) is 0 Å². The molecule has 4 aromatic rings. The maximum absolute atomic E-state index is 5.90. The zero-order valence-corrected chi connectivity index (χ0v) is 16.3. The van der Waals surface area contributed by atoms with Crippen LogP contribution in [0.2, 0.25) is 5.02 Å². The first-order valence-electron chi connectivity index (χ1n) is 7.57. The molecule has 0 saturated heterocycles. The SMILES string of the molecule is Clc1ccc(-c2nc(SCc3nc(-c4cccc(Br)c4)no3)n[nH]2)cc1. The molecule has 0 aliphatic rings. The van der Waals surface area contributed by atoms with Crippen LogP contribution in [0.25, 0.3) is 22.8 Å². The summed E-state index contributed by atoms with van der Waals surface area (Å²) in [5, 5.41) is 12.4. The average Bonchev–Trinajstić information content (AvgIpc) is 3.30. The number of hydrogen-bond donors (Lipinski definition) is 1. The largest absolute Gasteiger partial charge is 0.338 e. The van der Waals surface area contributed by atoms with Crippen LogP contribution in [-0.2, 0) is 5.75 Å². The smallest absolute Gasteiger partial charge is 0.237 e. The first-order valence-corrected chi connectivity index (χ1v) is 9.73. The summed E-state index contributed by atoms with van der Waals surface area (Å²) in [6, 6.07) is 15.1. The van der Waals surface area contributed by atoms with E-state index in [0.29, 0.717) is 33.5 Å². The fourth-order valence-electron chi connectivity index (χ4n) is 2.23. The molecule has 0 amide bonds. The van der Waals surface area contributed by atoms with E-state index in [2.05, 4.69) is 41.3 Å². The van der Waals surface area contributed by atoms with E-state index >= 15 is 0 Å². The lowest BCUT2D eigenvalue weighted by Crippen LogP contribution is -1.84. The van der Waals surface area contributed by atoms with Crippen molar-refractivity contribution in [2.45, 2.75) is 10.9 Å². The number of rotatable bonds is 5. The molecule has 0 spiro atoms. The number of halogens is 2. The van der Waals surface area contributed by atoms with Crippen LogP contribution >= 0.6 is 39.3 Å². The van der Waals surface area contributed by atoms with Gasteiger partial charge in [0.25, 0.3) is 0 Å². The van der Waals surface area contributed by atoms with Crippen molar-refractivity contribution in [3.63, 3.8) is 0 Å². The predicted octanol–water partition coefficient (Wildman–Crippen LogP) is 5.23. The second-order valence-corrected chi connectivity index (χ2v) is 7.58. The van der Waals surface area contributed by atoms with Crippen LogP contribution in [0.4, 0.5) is 0 Å². The van der Waals surface area contributed by atoms with Gasteiger partial charge in [0, 0.05) is 20.6 Å². The summed E-state index contributed by atoms with van der Waals surface area (Å²) in [4.78, 5) is 8.87. The van der Waals surface area contributed by atoms with Gasteiger partial charge in [-0.25, -0.2) is 4.98 Å². The van der Waals surface area contributed by atoms with Crippen LogP contribution in [0.5, 0.6) is 0 Å². The third-order valence-electron chi connectivity index (χ3n) is 3.46. The van der Waals surface area contributed by atoms with Gasteiger partial charge in [-0.15, -0.1) is 5.10 Å². The number of nitrogens with one attached hydrogen (secondary N) is 1. The molecule has 6 nitrogen and oxygen atoms in total. The van der Waals surface area contributed by atoms with Crippen molar-refractivity contribution in [3.05, 3.63) is 63.9 Å². The molecule has 0 aliphatic carbocycles. The molecule has 130 valence electrons. The van der Waals surface area contributed by atoms with Gasteiger partial charge in [0.2, 0.25) is 16.9 Å². The molecule has 0 radical (unpaired) electrons. The number of hydrogen-bond acceptors (Lipinski definition) is 6. The molecule has 0 unspecified atom stereocenters. The molecule has 0 saturated carbocycles. The summed E-state index contributed by atoms with van der Waals surface area (Å²) in [5.41, 5.74) is 1.81. The predicted molar refractivity (Wildman–Crippen MR) is 104 cm³/mol.